The summed E-state index contributed by atoms with van der Waals surface area (Å²) in [6.07, 6.45) is 10.9. The van der Waals surface area contributed by atoms with Crippen LogP contribution in [-0.4, -0.2) is 0 Å². The number of thioether (sulfide) groups is 1. The number of hydrogen-bond acceptors (Lipinski definition) is 1. The Labute approximate surface area is 71.4 Å². The van der Waals surface area contributed by atoms with Gasteiger partial charge in [-0.1, -0.05) is 41.6 Å². The summed E-state index contributed by atoms with van der Waals surface area (Å²) in [5.74, 6) is 0.543. The summed E-state index contributed by atoms with van der Waals surface area (Å²) in [6, 6.07) is 0. The molecule has 2 rings (SSSR count). The predicted octanol–water partition coefficient (Wildman–Crippen LogP) is 3.26. The second-order valence-corrected chi connectivity index (χ2v) is 3.76. The van der Waals surface area contributed by atoms with Crippen molar-refractivity contribution in [2.45, 2.75) is 6.92 Å². The zero-order valence-corrected chi connectivity index (χ0v) is 7.27. The van der Waals surface area contributed by atoms with E-state index in [-0.39, 0.29) is 0 Å². The summed E-state index contributed by atoms with van der Waals surface area (Å²) in [5, 5.41) is 2.24. The monoisotopic (exact) mass is 162 g/mol. The molecule has 11 heavy (non-hydrogen) atoms. The molecule has 0 N–H and O–H groups in total. The Hall–Kier alpha value is -0.690. The standard InChI is InChI=1S/C10H10S/c1-8-7-11-10-5-3-2-4-9(8)6-10/h2-7,9H,1H3. The van der Waals surface area contributed by atoms with Gasteiger partial charge in [-0.2, -0.15) is 0 Å². The summed E-state index contributed by atoms with van der Waals surface area (Å²) in [7, 11) is 0. The Bertz CT molecular complexity index is 279. The Morgan fingerprint density at radius 3 is 3.18 bits per heavy atom. The molecule has 0 nitrogen and oxygen atoms in total. The summed E-state index contributed by atoms with van der Waals surface area (Å²) < 4.78 is 0. The third-order valence-electron chi connectivity index (χ3n) is 1.94. The molecule has 1 unspecified atom stereocenters. The van der Waals surface area contributed by atoms with Crippen LogP contribution in [0.2, 0.25) is 0 Å². The van der Waals surface area contributed by atoms with Crippen molar-refractivity contribution in [1.82, 2.24) is 0 Å². The molecule has 1 aliphatic carbocycles. The van der Waals surface area contributed by atoms with Gasteiger partial charge in [0, 0.05) is 10.8 Å². The van der Waals surface area contributed by atoms with Crippen LogP contribution in [-0.2, 0) is 0 Å². The zero-order valence-electron chi connectivity index (χ0n) is 6.45. The lowest BCUT2D eigenvalue weighted by atomic mass is 10.0. The van der Waals surface area contributed by atoms with Crippen LogP contribution in [0.15, 0.2) is 46.3 Å². The van der Waals surface area contributed by atoms with Crippen molar-refractivity contribution in [2.24, 2.45) is 5.92 Å². The van der Waals surface area contributed by atoms with Crippen molar-refractivity contribution in [3.05, 3.63) is 46.3 Å². The highest BCUT2D eigenvalue weighted by atomic mass is 32.2. The molecule has 0 radical (unpaired) electrons. The fourth-order valence-corrected chi connectivity index (χ4v) is 2.09. The van der Waals surface area contributed by atoms with E-state index in [1.807, 2.05) is 11.8 Å². The molecule has 2 aliphatic rings. The van der Waals surface area contributed by atoms with E-state index in [2.05, 4.69) is 42.7 Å². The Balaban J connectivity index is 2.37. The highest BCUT2D eigenvalue weighted by Crippen LogP contribution is 2.33. The first kappa shape index (κ1) is 6.99. The molecule has 0 amide bonds. The van der Waals surface area contributed by atoms with Crippen molar-refractivity contribution in [3.63, 3.8) is 0 Å². The Kier molecular flexibility index (Phi) is 1.74. The quantitative estimate of drug-likeness (QED) is 0.527. The lowest BCUT2D eigenvalue weighted by Crippen LogP contribution is -1.96. The van der Waals surface area contributed by atoms with Crippen molar-refractivity contribution in [2.75, 3.05) is 0 Å². The maximum absolute atomic E-state index is 2.31. The minimum absolute atomic E-state index is 0.543. The van der Waals surface area contributed by atoms with Crippen LogP contribution in [0.1, 0.15) is 6.92 Å². The molecule has 1 heterocycles. The molecule has 0 spiro atoms. The van der Waals surface area contributed by atoms with Gasteiger partial charge in [-0.3, -0.25) is 0 Å². The maximum Gasteiger partial charge on any atom is 0.0180 e. The normalized spacial score (nSPS) is 27.5. The molecule has 1 aliphatic heterocycles. The predicted molar refractivity (Wildman–Crippen MR) is 51.2 cm³/mol. The maximum atomic E-state index is 2.31. The van der Waals surface area contributed by atoms with Gasteiger partial charge in [0.2, 0.25) is 0 Å². The summed E-state index contributed by atoms with van der Waals surface area (Å²) in [5.41, 5.74) is 1.44. The summed E-state index contributed by atoms with van der Waals surface area (Å²) in [6.45, 7) is 2.18. The van der Waals surface area contributed by atoms with E-state index in [4.69, 9.17) is 0 Å². The van der Waals surface area contributed by atoms with Gasteiger partial charge in [-0.05, 0) is 18.4 Å². The van der Waals surface area contributed by atoms with Gasteiger partial charge in [0.25, 0.3) is 0 Å². The lowest BCUT2D eigenvalue weighted by Gasteiger charge is -2.13. The highest BCUT2D eigenvalue weighted by molar-refractivity contribution is 8.06. The molecule has 1 atom stereocenters. The van der Waals surface area contributed by atoms with Crippen LogP contribution in [0.5, 0.6) is 0 Å². The van der Waals surface area contributed by atoms with E-state index in [1.54, 1.807) is 0 Å². The molecule has 0 aromatic carbocycles. The summed E-state index contributed by atoms with van der Waals surface area (Å²) in [4.78, 5) is 1.37. The van der Waals surface area contributed by atoms with Crippen molar-refractivity contribution < 1.29 is 0 Å². The number of fused-ring (bicyclic) bond motifs is 1. The van der Waals surface area contributed by atoms with Gasteiger partial charge in [-0.15, -0.1) is 0 Å². The zero-order chi connectivity index (χ0) is 7.68. The van der Waals surface area contributed by atoms with Gasteiger partial charge in [0.05, 0.1) is 0 Å². The number of allylic oxidation sites excluding steroid dienone is 6. The first-order valence-electron chi connectivity index (χ1n) is 3.76. The molecule has 1 heteroatoms. The van der Waals surface area contributed by atoms with Gasteiger partial charge in [-0.25, -0.2) is 0 Å². The topological polar surface area (TPSA) is 0 Å². The second-order valence-electron chi connectivity index (χ2n) is 2.82. The van der Waals surface area contributed by atoms with E-state index in [1.165, 1.54) is 10.5 Å². The summed E-state index contributed by atoms with van der Waals surface area (Å²) >= 11 is 1.81. The third kappa shape index (κ3) is 1.33. The van der Waals surface area contributed by atoms with E-state index in [0.29, 0.717) is 5.92 Å². The van der Waals surface area contributed by atoms with Gasteiger partial charge >= 0.3 is 0 Å². The average Bonchev–Trinajstić information content (AvgIpc) is 2.21. The molecule has 0 saturated carbocycles. The molecule has 0 saturated heterocycles. The minimum atomic E-state index is 0.543. The molecular formula is C10H10S. The molecule has 2 bridgehead atoms. The van der Waals surface area contributed by atoms with Crippen LogP contribution < -0.4 is 0 Å². The van der Waals surface area contributed by atoms with Crippen molar-refractivity contribution >= 4 is 11.8 Å². The second kappa shape index (κ2) is 2.74. The molecular weight excluding hydrogens is 152 g/mol. The van der Waals surface area contributed by atoms with Crippen molar-refractivity contribution in [3.8, 4) is 0 Å². The molecule has 56 valence electrons. The SMILES string of the molecule is CC1=CSC2=CC1C=CC=C2. The lowest BCUT2D eigenvalue weighted by molar-refractivity contribution is 0.968. The molecule has 0 aromatic heterocycles. The number of rotatable bonds is 0. The Morgan fingerprint density at radius 1 is 1.36 bits per heavy atom. The van der Waals surface area contributed by atoms with E-state index >= 15 is 0 Å². The number of hydrogen-bond donors (Lipinski definition) is 0. The fraction of sp³-hybridized carbons (Fsp3) is 0.200. The minimum Gasteiger partial charge on any atom is -0.0984 e. The molecule has 0 aromatic rings. The van der Waals surface area contributed by atoms with E-state index < -0.39 is 0 Å². The smallest absolute Gasteiger partial charge is 0.0180 e. The van der Waals surface area contributed by atoms with E-state index in [9.17, 15) is 0 Å². The van der Waals surface area contributed by atoms with Crippen LogP contribution >= 0.6 is 11.8 Å². The van der Waals surface area contributed by atoms with Crippen LogP contribution in [0.3, 0.4) is 0 Å². The first-order valence-corrected chi connectivity index (χ1v) is 4.64. The van der Waals surface area contributed by atoms with E-state index in [0.717, 1.165) is 0 Å². The highest BCUT2D eigenvalue weighted by Gasteiger charge is 2.10. The first-order chi connectivity index (χ1) is 5.36. The molecule has 0 fully saturated rings. The van der Waals surface area contributed by atoms with Crippen molar-refractivity contribution in [1.29, 1.82) is 0 Å². The fourth-order valence-electron chi connectivity index (χ4n) is 1.22. The average molecular weight is 162 g/mol. The van der Waals surface area contributed by atoms with Crippen LogP contribution in [0, 0.1) is 5.92 Å². The third-order valence-corrected chi connectivity index (χ3v) is 2.97. The van der Waals surface area contributed by atoms with Gasteiger partial charge in [0.1, 0.15) is 0 Å². The van der Waals surface area contributed by atoms with Crippen LogP contribution in [0.25, 0.3) is 0 Å². The van der Waals surface area contributed by atoms with Gasteiger partial charge in [0.15, 0.2) is 0 Å². The van der Waals surface area contributed by atoms with Crippen LogP contribution in [0.4, 0.5) is 0 Å². The largest absolute Gasteiger partial charge is 0.0984 e. The van der Waals surface area contributed by atoms with Gasteiger partial charge < -0.3 is 0 Å². The Morgan fingerprint density at radius 2 is 2.27 bits per heavy atom.